The summed E-state index contributed by atoms with van der Waals surface area (Å²) in [5.74, 6) is -0.257. The van der Waals surface area contributed by atoms with Crippen molar-refractivity contribution in [2.45, 2.75) is 5.03 Å². The van der Waals surface area contributed by atoms with Gasteiger partial charge < -0.3 is 0 Å². The first kappa shape index (κ1) is 13.4. The smallest absolute Gasteiger partial charge is 0.214 e. The maximum atomic E-state index is 12.2. The van der Waals surface area contributed by atoms with Crippen molar-refractivity contribution in [1.82, 2.24) is 24.0 Å². The van der Waals surface area contributed by atoms with Crippen molar-refractivity contribution in [2.75, 3.05) is 25.4 Å². The summed E-state index contributed by atoms with van der Waals surface area (Å²) in [5, 5.41) is 7.25. The van der Waals surface area contributed by atoms with Crippen molar-refractivity contribution in [3.05, 3.63) is 6.20 Å². The molecule has 0 spiro atoms. The largest absolute Gasteiger partial charge is 0.264 e. The first-order valence-electron chi connectivity index (χ1n) is 5.15. The Labute approximate surface area is 105 Å². The Hall–Kier alpha value is -1.04. The highest BCUT2D eigenvalue weighted by Crippen LogP contribution is 2.12. The van der Waals surface area contributed by atoms with Crippen LogP contribution in [0.3, 0.4) is 0 Å². The molecule has 0 aromatic carbocycles. The minimum atomic E-state index is -3.78. The van der Waals surface area contributed by atoms with Gasteiger partial charge in [0.05, 0.1) is 11.9 Å². The molecule has 0 atom stereocenters. The molecule has 11 heteroatoms. The number of nitrogens with zero attached hydrogens (tertiary/aromatic N) is 4. The second-order valence-corrected chi connectivity index (χ2v) is 7.60. The molecule has 1 saturated heterocycles. The van der Waals surface area contributed by atoms with Crippen LogP contribution in [0, 0.1) is 0 Å². The number of rotatable bonds is 2. The van der Waals surface area contributed by atoms with Crippen LogP contribution >= 0.6 is 0 Å². The molecule has 0 saturated carbocycles. The van der Waals surface area contributed by atoms with E-state index in [0.29, 0.717) is 0 Å². The molecule has 18 heavy (non-hydrogen) atoms. The van der Waals surface area contributed by atoms with E-state index in [1.807, 2.05) is 0 Å². The lowest BCUT2D eigenvalue weighted by Crippen LogP contribution is -2.35. The number of sulfonamides is 2. The molecule has 2 heterocycles. The maximum Gasteiger partial charge on any atom is 0.264 e. The molecule has 1 aliphatic rings. The van der Waals surface area contributed by atoms with Gasteiger partial charge in [0.15, 0.2) is 0 Å². The van der Waals surface area contributed by atoms with E-state index in [1.54, 1.807) is 0 Å². The van der Waals surface area contributed by atoms with Gasteiger partial charge in [-0.3, -0.25) is 0 Å². The predicted octanol–water partition coefficient (Wildman–Crippen LogP) is -2.26. The average molecular weight is 295 g/mol. The summed E-state index contributed by atoms with van der Waals surface area (Å²) in [7, 11) is -5.66. The molecule has 9 nitrogen and oxygen atoms in total. The fourth-order valence-corrected chi connectivity index (χ4v) is 4.00. The zero-order chi connectivity index (χ0) is 13.4. The molecule has 0 amide bonds. The summed E-state index contributed by atoms with van der Waals surface area (Å²) in [6.45, 7) is 0.0498. The van der Waals surface area contributed by atoms with E-state index in [4.69, 9.17) is 0 Å². The zero-order valence-electron chi connectivity index (χ0n) is 9.64. The normalized spacial score (nSPS) is 21.6. The summed E-state index contributed by atoms with van der Waals surface area (Å²) in [6, 6.07) is 0. The van der Waals surface area contributed by atoms with Crippen LogP contribution in [0.5, 0.6) is 0 Å². The van der Waals surface area contributed by atoms with Gasteiger partial charge in [-0.25, -0.2) is 21.6 Å². The molecule has 0 radical (unpaired) electrons. The lowest BCUT2D eigenvalue weighted by molar-refractivity contribution is 0.436. The molecule has 0 bridgehead atoms. The van der Waals surface area contributed by atoms with Crippen LogP contribution < -0.4 is 4.72 Å². The summed E-state index contributed by atoms with van der Waals surface area (Å²) in [4.78, 5) is 1.14. The SMILES string of the molecule is Cn1ncc(S(=O)(=O)N2CCNS(=O)(=O)CC2)n1. The highest BCUT2D eigenvalue weighted by molar-refractivity contribution is 7.90. The first-order chi connectivity index (χ1) is 8.31. The van der Waals surface area contributed by atoms with Crippen molar-refractivity contribution in [2.24, 2.45) is 7.05 Å². The number of hydrogen-bond acceptors (Lipinski definition) is 6. The van der Waals surface area contributed by atoms with Gasteiger partial charge >= 0.3 is 0 Å². The van der Waals surface area contributed by atoms with Crippen LogP contribution in [0.1, 0.15) is 0 Å². The van der Waals surface area contributed by atoms with Gasteiger partial charge in [0.25, 0.3) is 10.0 Å². The first-order valence-corrected chi connectivity index (χ1v) is 8.24. The Kier molecular flexibility index (Phi) is 3.40. The minimum Gasteiger partial charge on any atom is -0.214 e. The third kappa shape index (κ3) is 2.68. The summed E-state index contributed by atoms with van der Waals surface area (Å²) in [5.41, 5.74) is 0. The van der Waals surface area contributed by atoms with Crippen LogP contribution in [-0.2, 0) is 27.1 Å². The Bertz CT molecular complexity index is 635. The molecule has 1 aliphatic heterocycles. The van der Waals surface area contributed by atoms with Crippen molar-refractivity contribution in [3.63, 3.8) is 0 Å². The molecule has 1 aromatic rings. The zero-order valence-corrected chi connectivity index (χ0v) is 11.3. The van der Waals surface area contributed by atoms with Gasteiger partial charge in [0.2, 0.25) is 15.0 Å². The lowest BCUT2D eigenvalue weighted by atomic mass is 10.6. The fraction of sp³-hybridized carbons (Fsp3) is 0.714. The monoisotopic (exact) mass is 295 g/mol. The van der Waals surface area contributed by atoms with E-state index in [9.17, 15) is 16.8 Å². The van der Waals surface area contributed by atoms with E-state index in [1.165, 1.54) is 7.05 Å². The Morgan fingerprint density at radius 1 is 1.39 bits per heavy atom. The molecule has 2 rings (SSSR count). The Balaban J connectivity index is 2.26. The standard InChI is InChI=1S/C7H13N5O4S2/c1-11-8-6-7(10-11)18(15,16)12-3-2-9-17(13,14)5-4-12/h6,9H,2-5H2,1H3. The van der Waals surface area contributed by atoms with E-state index in [-0.39, 0.29) is 30.4 Å². The summed E-state index contributed by atoms with van der Waals surface area (Å²) >= 11 is 0. The predicted molar refractivity (Wildman–Crippen MR) is 61.6 cm³/mol. The molecule has 1 aromatic heterocycles. The molecular formula is C7H13N5O4S2. The van der Waals surface area contributed by atoms with Crippen molar-refractivity contribution in [3.8, 4) is 0 Å². The van der Waals surface area contributed by atoms with Gasteiger partial charge in [-0.05, 0) is 0 Å². The van der Waals surface area contributed by atoms with Gasteiger partial charge in [-0.1, -0.05) is 0 Å². The highest BCUT2D eigenvalue weighted by atomic mass is 32.2. The Morgan fingerprint density at radius 3 is 2.72 bits per heavy atom. The molecule has 0 unspecified atom stereocenters. The number of aromatic nitrogens is 3. The van der Waals surface area contributed by atoms with Gasteiger partial charge in [0, 0.05) is 26.7 Å². The Morgan fingerprint density at radius 2 is 2.11 bits per heavy atom. The van der Waals surface area contributed by atoms with Gasteiger partial charge in [-0.15, -0.1) is 5.10 Å². The van der Waals surface area contributed by atoms with Crippen molar-refractivity contribution < 1.29 is 16.8 Å². The topological polar surface area (TPSA) is 114 Å². The maximum absolute atomic E-state index is 12.2. The van der Waals surface area contributed by atoms with E-state index < -0.39 is 20.0 Å². The van der Waals surface area contributed by atoms with Crippen LogP contribution in [-0.4, -0.2) is 61.5 Å². The fourth-order valence-electron chi connectivity index (χ4n) is 1.55. The lowest BCUT2D eigenvalue weighted by Gasteiger charge is -2.16. The van der Waals surface area contributed by atoms with Crippen LogP contribution in [0.2, 0.25) is 0 Å². The second kappa shape index (κ2) is 4.57. The second-order valence-electron chi connectivity index (χ2n) is 3.79. The third-order valence-electron chi connectivity index (χ3n) is 2.48. The third-order valence-corrected chi connectivity index (χ3v) is 5.60. The van der Waals surface area contributed by atoms with E-state index >= 15 is 0 Å². The molecular weight excluding hydrogens is 282 g/mol. The number of nitrogens with one attached hydrogen (secondary N) is 1. The molecule has 102 valence electrons. The van der Waals surface area contributed by atoms with Crippen molar-refractivity contribution in [1.29, 1.82) is 0 Å². The van der Waals surface area contributed by atoms with Crippen LogP contribution in [0.4, 0.5) is 0 Å². The van der Waals surface area contributed by atoms with Crippen molar-refractivity contribution >= 4 is 20.0 Å². The summed E-state index contributed by atoms with van der Waals surface area (Å²) in [6.07, 6.45) is 1.14. The number of hydrogen-bond donors (Lipinski definition) is 1. The van der Waals surface area contributed by atoms with E-state index in [2.05, 4.69) is 14.9 Å². The quantitative estimate of drug-likeness (QED) is 0.658. The number of aryl methyl sites for hydroxylation is 1. The van der Waals surface area contributed by atoms with Crippen LogP contribution in [0.25, 0.3) is 0 Å². The van der Waals surface area contributed by atoms with Crippen LogP contribution in [0.15, 0.2) is 11.2 Å². The minimum absolute atomic E-state index is 0.0574. The summed E-state index contributed by atoms with van der Waals surface area (Å²) < 4.78 is 50.3. The highest BCUT2D eigenvalue weighted by Gasteiger charge is 2.30. The molecule has 0 aliphatic carbocycles. The van der Waals surface area contributed by atoms with Gasteiger partial charge in [0.1, 0.15) is 0 Å². The van der Waals surface area contributed by atoms with E-state index in [0.717, 1.165) is 15.3 Å². The van der Waals surface area contributed by atoms with Gasteiger partial charge in [-0.2, -0.15) is 14.2 Å². The average Bonchev–Trinajstić information content (AvgIpc) is 2.61. The molecule has 1 N–H and O–H groups in total. The molecule has 1 fully saturated rings.